The number of fused-ring (bicyclic) bond motifs is 6. The van der Waals surface area contributed by atoms with E-state index in [0.717, 1.165) is 0 Å². The smallest absolute Gasteiger partial charge is 0.136 e. The molecule has 0 fully saturated rings. The van der Waals surface area contributed by atoms with Crippen molar-refractivity contribution in [1.82, 2.24) is 0 Å². The summed E-state index contributed by atoms with van der Waals surface area (Å²) in [5.74, 6) is 0. The van der Waals surface area contributed by atoms with E-state index in [9.17, 15) is 11.0 Å². The summed E-state index contributed by atoms with van der Waals surface area (Å²) in [6.07, 6.45) is 0. The summed E-state index contributed by atoms with van der Waals surface area (Å²) in [6.45, 7) is 0. The Kier molecular flexibility index (Phi) is 2.13. The van der Waals surface area contributed by atoms with E-state index in [0.29, 0.717) is 0 Å². The highest BCUT2D eigenvalue weighted by molar-refractivity contribution is 6.25. The number of benzene rings is 8. The molecule has 0 spiro atoms. The van der Waals surface area contributed by atoms with Gasteiger partial charge in [0.05, 0.1) is 35.6 Å². The van der Waals surface area contributed by atoms with E-state index >= 15 is 0 Å². The lowest BCUT2D eigenvalue weighted by Gasteiger charge is -2.18. The van der Waals surface area contributed by atoms with Gasteiger partial charge >= 0.3 is 0 Å². The van der Waals surface area contributed by atoms with E-state index in [4.69, 9.17) is 29.1 Å². The maximum absolute atomic E-state index is 9.75. The predicted octanol–water partition coefficient (Wildman–Crippen LogP) is 12.0. The highest BCUT2D eigenvalue weighted by Crippen LogP contribution is 2.47. The van der Waals surface area contributed by atoms with E-state index in [1.807, 2.05) is 0 Å². The Bertz CT molecular complexity index is 3890. The third kappa shape index (κ3) is 3.72. The molecule has 1 nitrogen and oxygen atoms in total. The topological polar surface area (TPSA) is 13.1 Å². The lowest BCUT2D eigenvalue weighted by atomic mass is 9.84. The average Bonchev–Trinajstić information content (AvgIpc) is 3.72. The van der Waals surface area contributed by atoms with Crippen LogP contribution in [-0.4, -0.2) is 0 Å². The Morgan fingerprint density at radius 3 is 1.70 bits per heavy atom. The standard InChI is InChI=1S/C42H26O/c1-2-12-28-25-30(24-23-27(28)11-1)29-13-9-14-31(26-29)40-32-15-3-5-17-34(32)41(35-18-6-4-16-33(35)40)37-20-10-22-39-42(37)36-19-7-8-21-38(36)43-39/h1-26H/i1D,2D,3D,4D,5D,6D,7D,8D,9D,10D,11D,12D,13D,14D,15D,16D,17D,18D,19D,20D,21D,22D,23D,24D,25D,26D. The van der Waals surface area contributed by atoms with Crippen LogP contribution >= 0.6 is 0 Å². The van der Waals surface area contributed by atoms with Crippen LogP contribution in [0.15, 0.2) is 162 Å². The third-order valence-electron chi connectivity index (χ3n) is 6.95. The number of rotatable bonds is 3. The minimum absolute atomic E-state index is 0.470. The van der Waals surface area contributed by atoms with Gasteiger partial charge in [-0.2, -0.15) is 0 Å². The summed E-state index contributed by atoms with van der Waals surface area (Å²) in [5.41, 5.74) is -5.75. The average molecular weight is 573 g/mol. The Labute approximate surface area is 285 Å². The van der Waals surface area contributed by atoms with E-state index in [-0.39, 0.29) is 0 Å². The van der Waals surface area contributed by atoms with E-state index in [1.54, 1.807) is 0 Å². The normalized spacial score (nSPS) is 20.2. The Hall–Kier alpha value is -5.66. The number of para-hydroxylation sites is 1. The van der Waals surface area contributed by atoms with Crippen molar-refractivity contribution < 1.29 is 40.1 Å². The summed E-state index contributed by atoms with van der Waals surface area (Å²) in [4.78, 5) is 0. The van der Waals surface area contributed by atoms with Crippen molar-refractivity contribution in [1.29, 1.82) is 0 Å². The summed E-state index contributed by atoms with van der Waals surface area (Å²) in [7, 11) is 0. The zero-order chi connectivity index (χ0) is 51.0. The fourth-order valence-corrected chi connectivity index (χ4v) is 5.17. The largest absolute Gasteiger partial charge is 0.456 e. The molecule has 0 saturated carbocycles. The van der Waals surface area contributed by atoms with Crippen molar-refractivity contribution in [2.24, 2.45) is 0 Å². The minimum atomic E-state index is -1.07. The first-order chi connectivity index (χ1) is 32.2. The van der Waals surface area contributed by atoms with E-state index in [2.05, 4.69) is 0 Å². The van der Waals surface area contributed by atoms with Gasteiger partial charge in [0.15, 0.2) is 0 Å². The Balaban J connectivity index is 1.62. The van der Waals surface area contributed by atoms with Crippen LogP contribution in [0.5, 0.6) is 0 Å². The molecule has 0 amide bonds. The fraction of sp³-hybridized carbons (Fsp3) is 0. The van der Waals surface area contributed by atoms with Gasteiger partial charge in [-0.05, 0) is 89.9 Å². The quantitative estimate of drug-likeness (QED) is 0.192. The van der Waals surface area contributed by atoms with Crippen molar-refractivity contribution >= 4 is 54.3 Å². The molecule has 0 atom stereocenters. The van der Waals surface area contributed by atoms with Crippen LogP contribution in [0.4, 0.5) is 0 Å². The highest BCUT2D eigenvalue weighted by Gasteiger charge is 2.20. The second-order valence-electron chi connectivity index (χ2n) is 9.26. The van der Waals surface area contributed by atoms with Gasteiger partial charge in [-0.3, -0.25) is 0 Å². The maximum atomic E-state index is 9.75. The molecule has 9 aromatic rings. The molecule has 0 aliphatic rings. The molecule has 0 radical (unpaired) electrons. The molecule has 0 aliphatic heterocycles. The van der Waals surface area contributed by atoms with Crippen molar-refractivity contribution in [2.45, 2.75) is 0 Å². The zero-order valence-electron chi connectivity index (χ0n) is 47.4. The Morgan fingerprint density at radius 2 is 0.930 bits per heavy atom. The first kappa shape index (κ1) is 9.69. The second kappa shape index (κ2) is 9.44. The number of furan rings is 1. The summed E-state index contributed by atoms with van der Waals surface area (Å²) in [5, 5.41) is -5.03. The maximum Gasteiger partial charge on any atom is 0.136 e. The molecular weight excluding hydrogens is 520 g/mol. The van der Waals surface area contributed by atoms with Crippen molar-refractivity contribution in [3.63, 3.8) is 0 Å². The second-order valence-corrected chi connectivity index (χ2v) is 9.26. The van der Waals surface area contributed by atoms with Crippen molar-refractivity contribution in [2.75, 3.05) is 0 Å². The Morgan fingerprint density at radius 1 is 0.372 bits per heavy atom. The van der Waals surface area contributed by atoms with E-state index in [1.165, 1.54) is 0 Å². The summed E-state index contributed by atoms with van der Waals surface area (Å²) >= 11 is 0. The van der Waals surface area contributed by atoms with Crippen LogP contribution in [0.25, 0.3) is 87.6 Å². The zero-order valence-corrected chi connectivity index (χ0v) is 21.4. The highest BCUT2D eigenvalue weighted by atomic mass is 16.3. The first-order valence-electron chi connectivity index (χ1n) is 25.7. The van der Waals surface area contributed by atoms with Gasteiger partial charge in [-0.1, -0.05) is 133 Å². The fourth-order valence-electron chi connectivity index (χ4n) is 5.17. The number of hydrogen-bond acceptors (Lipinski definition) is 1. The predicted molar refractivity (Wildman–Crippen MR) is 183 cm³/mol. The van der Waals surface area contributed by atoms with Crippen LogP contribution in [0, 0.1) is 0 Å². The molecule has 1 heteroatoms. The molecule has 0 bridgehead atoms. The molecule has 0 unspecified atom stereocenters. The van der Waals surface area contributed by atoms with Crippen LogP contribution in [0.1, 0.15) is 35.6 Å². The third-order valence-corrected chi connectivity index (χ3v) is 6.95. The molecule has 1 aromatic heterocycles. The molecule has 200 valence electrons. The minimum Gasteiger partial charge on any atom is -0.456 e. The van der Waals surface area contributed by atoms with Crippen LogP contribution < -0.4 is 0 Å². The molecular formula is C42H26O. The molecule has 0 saturated heterocycles. The van der Waals surface area contributed by atoms with Gasteiger partial charge in [0, 0.05) is 10.8 Å². The summed E-state index contributed by atoms with van der Waals surface area (Å²) in [6, 6.07) is -23.8. The van der Waals surface area contributed by atoms with Crippen molar-refractivity contribution in [3.05, 3.63) is 157 Å². The van der Waals surface area contributed by atoms with Gasteiger partial charge in [-0.25, -0.2) is 0 Å². The molecule has 0 N–H and O–H groups in total. The van der Waals surface area contributed by atoms with Crippen molar-refractivity contribution in [3.8, 4) is 33.4 Å². The van der Waals surface area contributed by atoms with Crippen LogP contribution in [0.3, 0.4) is 0 Å². The number of hydrogen-bond donors (Lipinski definition) is 0. The van der Waals surface area contributed by atoms with Gasteiger partial charge in [-0.15, -0.1) is 0 Å². The van der Waals surface area contributed by atoms with Gasteiger partial charge in [0.2, 0.25) is 0 Å². The monoisotopic (exact) mass is 572 g/mol. The van der Waals surface area contributed by atoms with E-state index < -0.39 is 245 Å². The SMILES string of the molecule is [2H]c1c([2H])c(-c2c([2H])c([2H])c3c([2H])c([2H])c([2H])c([2H])c3c2[2H])c([2H])c(-c2c3c([2H])c([2H])c([2H])c([2H])c3c(-c3c([2H])c([2H])c([2H])c4oc5c([2H])c([2H])c([2H])c([2H])c5c34)c3c([2H])c([2H])c([2H])c([2H])c23)c1[2H]. The first-order valence-corrected chi connectivity index (χ1v) is 12.7. The lowest BCUT2D eigenvalue weighted by molar-refractivity contribution is 0.669. The molecule has 9 rings (SSSR count). The molecule has 1 heterocycles. The van der Waals surface area contributed by atoms with Gasteiger partial charge in [0.1, 0.15) is 11.2 Å². The molecule has 0 aliphatic carbocycles. The van der Waals surface area contributed by atoms with Crippen LogP contribution in [-0.2, 0) is 0 Å². The molecule has 8 aromatic carbocycles. The van der Waals surface area contributed by atoms with Crippen LogP contribution in [0.2, 0.25) is 0 Å². The molecule has 43 heavy (non-hydrogen) atoms. The van der Waals surface area contributed by atoms with Gasteiger partial charge < -0.3 is 4.42 Å². The lowest BCUT2D eigenvalue weighted by Crippen LogP contribution is -1.91. The van der Waals surface area contributed by atoms with Gasteiger partial charge in [0.25, 0.3) is 0 Å². The summed E-state index contributed by atoms with van der Waals surface area (Å²) < 4.78 is 238.